The number of carbonyl (C=O) groups excluding carboxylic acids is 1. The second-order valence-electron chi connectivity index (χ2n) is 5.36. The van der Waals surface area contributed by atoms with E-state index in [2.05, 4.69) is 6.92 Å². The van der Waals surface area contributed by atoms with Gasteiger partial charge in [0.1, 0.15) is 0 Å². The molecule has 0 aromatic rings. The van der Waals surface area contributed by atoms with Crippen molar-refractivity contribution in [3.63, 3.8) is 0 Å². The van der Waals surface area contributed by atoms with Crippen molar-refractivity contribution in [1.82, 2.24) is 0 Å². The van der Waals surface area contributed by atoms with Gasteiger partial charge in [0.2, 0.25) is 0 Å². The van der Waals surface area contributed by atoms with Crippen LogP contribution in [0.5, 0.6) is 0 Å². The minimum atomic E-state index is -0.905. The Balaban J connectivity index is -0.00000144. The van der Waals surface area contributed by atoms with Crippen molar-refractivity contribution < 1.29 is 30.2 Å². The molecule has 3 heteroatoms. The van der Waals surface area contributed by atoms with E-state index in [4.69, 9.17) is 0 Å². The zero-order valence-corrected chi connectivity index (χ0v) is 13.2. The fourth-order valence-corrected chi connectivity index (χ4v) is 2.29. The molecule has 0 rings (SSSR count). The van der Waals surface area contributed by atoms with Gasteiger partial charge in [0.25, 0.3) is 0 Å². The van der Waals surface area contributed by atoms with Crippen LogP contribution in [0, 0.1) is 0 Å². The molecule has 2 nitrogen and oxygen atoms in total. The van der Waals surface area contributed by atoms with Crippen molar-refractivity contribution in [3.8, 4) is 0 Å². The number of hydrogen-bond donors (Lipinski definition) is 0. The molecular weight excluding hydrogens is 231 g/mol. The van der Waals surface area contributed by atoms with Crippen molar-refractivity contribution >= 4 is 5.97 Å². The summed E-state index contributed by atoms with van der Waals surface area (Å²) >= 11 is 0. The van der Waals surface area contributed by atoms with Crippen LogP contribution in [0.2, 0.25) is 0 Å². The van der Waals surface area contributed by atoms with Crippen molar-refractivity contribution in [2.45, 2.75) is 96.8 Å². The number of rotatable bonds is 14. The maximum Gasteiger partial charge on any atom is 1.00 e. The number of unbranched alkanes of at least 4 members (excludes halogenated alkanes) is 12. The minimum absolute atomic E-state index is 0. The molecule has 0 spiro atoms. The molecule has 0 atom stereocenters. The van der Waals surface area contributed by atoms with E-state index in [0.717, 1.165) is 12.8 Å². The molecule has 0 N–H and O–H groups in total. The Morgan fingerprint density at radius 3 is 1.37 bits per heavy atom. The fourth-order valence-electron chi connectivity index (χ4n) is 2.29. The zero-order valence-electron chi connectivity index (χ0n) is 14.2. The molecule has 0 amide bonds. The number of hydrogen-bond acceptors (Lipinski definition) is 2. The van der Waals surface area contributed by atoms with E-state index in [0.29, 0.717) is 0 Å². The van der Waals surface area contributed by atoms with Gasteiger partial charge >= 0.3 is 18.9 Å². The Hall–Kier alpha value is 0.0674. The summed E-state index contributed by atoms with van der Waals surface area (Å²) in [6.45, 7) is 2.26. The molecule has 19 heavy (non-hydrogen) atoms. The van der Waals surface area contributed by atoms with Gasteiger partial charge in [-0.3, -0.25) is 0 Å². The summed E-state index contributed by atoms with van der Waals surface area (Å²) in [5.41, 5.74) is 0. The SMILES string of the molecule is CCCCCCCCCCCCCCCC(=O)[O-].[H-].[Li+]. The van der Waals surface area contributed by atoms with Crippen LogP contribution in [0.1, 0.15) is 98.2 Å². The average molecular weight is 263 g/mol. The Bertz CT molecular complexity index is 189. The Labute approximate surface area is 133 Å². The number of carboxylic acids is 1. The van der Waals surface area contributed by atoms with E-state index in [1.54, 1.807) is 0 Å². The number of aliphatic carboxylic acids is 1. The van der Waals surface area contributed by atoms with Gasteiger partial charge in [0.05, 0.1) is 0 Å². The van der Waals surface area contributed by atoms with E-state index < -0.39 is 5.97 Å². The molecule has 0 aromatic carbocycles. The molecule has 0 radical (unpaired) electrons. The van der Waals surface area contributed by atoms with Gasteiger partial charge in [0, 0.05) is 5.97 Å². The Kier molecular flexibility index (Phi) is 20.3. The molecule has 0 aliphatic rings. The van der Waals surface area contributed by atoms with Crippen LogP contribution in [0.15, 0.2) is 0 Å². The quantitative estimate of drug-likeness (QED) is 0.350. The third-order valence-electron chi connectivity index (χ3n) is 3.48. The van der Waals surface area contributed by atoms with Crippen molar-refractivity contribution in [2.75, 3.05) is 0 Å². The van der Waals surface area contributed by atoms with Crippen molar-refractivity contribution in [2.24, 2.45) is 0 Å². The summed E-state index contributed by atoms with van der Waals surface area (Å²) in [6.07, 6.45) is 16.9. The van der Waals surface area contributed by atoms with Crippen LogP contribution < -0.4 is 24.0 Å². The van der Waals surface area contributed by atoms with Crippen LogP contribution in [0.25, 0.3) is 0 Å². The second kappa shape index (κ2) is 18.1. The standard InChI is InChI=1S/C16H32O2.Li.H/c1-2-3-4-5-6-7-8-9-10-11-12-13-14-15-16(17)18;;/h2-15H2,1H3,(H,17,18);;/q;+1;-1/p-1. The van der Waals surface area contributed by atoms with E-state index >= 15 is 0 Å². The van der Waals surface area contributed by atoms with Gasteiger partial charge in [-0.05, 0) is 12.8 Å². The summed E-state index contributed by atoms with van der Waals surface area (Å²) < 4.78 is 0. The van der Waals surface area contributed by atoms with E-state index in [1.807, 2.05) is 0 Å². The summed E-state index contributed by atoms with van der Waals surface area (Å²) in [5, 5.41) is 10.2. The summed E-state index contributed by atoms with van der Waals surface area (Å²) in [6, 6.07) is 0. The predicted molar refractivity (Wildman–Crippen MR) is 76.4 cm³/mol. The number of carbonyl (C=O) groups is 1. The van der Waals surface area contributed by atoms with Gasteiger partial charge in [0.15, 0.2) is 0 Å². The maximum absolute atomic E-state index is 10.2. The predicted octanol–water partition coefficient (Wildman–Crippen LogP) is 1.33. The summed E-state index contributed by atoms with van der Waals surface area (Å²) in [7, 11) is 0. The van der Waals surface area contributed by atoms with Gasteiger partial charge in [-0.2, -0.15) is 0 Å². The van der Waals surface area contributed by atoms with Gasteiger partial charge in [-0.1, -0.05) is 84.0 Å². The first kappa shape index (κ1) is 21.4. The van der Waals surface area contributed by atoms with Crippen LogP contribution in [0.4, 0.5) is 0 Å². The van der Waals surface area contributed by atoms with Gasteiger partial charge < -0.3 is 11.3 Å². The van der Waals surface area contributed by atoms with Crippen LogP contribution >= 0.6 is 0 Å². The van der Waals surface area contributed by atoms with Gasteiger partial charge in [-0.15, -0.1) is 0 Å². The third kappa shape index (κ3) is 20.5. The van der Waals surface area contributed by atoms with E-state index in [-0.39, 0.29) is 26.7 Å². The first-order valence-corrected chi connectivity index (χ1v) is 7.97. The molecule has 0 aliphatic carbocycles. The molecule has 110 valence electrons. The number of carboxylic acid groups (broad SMARTS) is 1. The fraction of sp³-hybridized carbons (Fsp3) is 0.938. The van der Waals surface area contributed by atoms with Crippen LogP contribution in [-0.4, -0.2) is 5.97 Å². The largest absolute Gasteiger partial charge is 1.00 e. The first-order chi connectivity index (χ1) is 8.77. The normalized spacial score (nSPS) is 10.2. The zero-order chi connectivity index (χ0) is 13.5. The second-order valence-corrected chi connectivity index (χ2v) is 5.36. The Morgan fingerprint density at radius 2 is 1.05 bits per heavy atom. The molecule has 0 bridgehead atoms. The van der Waals surface area contributed by atoms with E-state index in [9.17, 15) is 9.90 Å². The third-order valence-corrected chi connectivity index (χ3v) is 3.48. The molecule has 0 fully saturated rings. The van der Waals surface area contributed by atoms with Crippen molar-refractivity contribution in [3.05, 3.63) is 0 Å². The van der Waals surface area contributed by atoms with Gasteiger partial charge in [-0.25, -0.2) is 0 Å². The molecule has 0 aliphatic heterocycles. The van der Waals surface area contributed by atoms with Crippen LogP contribution in [-0.2, 0) is 4.79 Å². The van der Waals surface area contributed by atoms with Crippen molar-refractivity contribution in [1.29, 1.82) is 0 Å². The molecule has 0 heterocycles. The molecule has 0 saturated carbocycles. The average Bonchev–Trinajstić information content (AvgIpc) is 2.34. The topological polar surface area (TPSA) is 40.1 Å². The monoisotopic (exact) mass is 263 g/mol. The molecule has 0 aromatic heterocycles. The summed E-state index contributed by atoms with van der Waals surface area (Å²) in [5.74, 6) is -0.905. The smallest absolute Gasteiger partial charge is 1.00 e. The maximum atomic E-state index is 10.2. The van der Waals surface area contributed by atoms with Crippen LogP contribution in [0.3, 0.4) is 0 Å². The first-order valence-electron chi connectivity index (χ1n) is 7.97. The molecule has 0 unspecified atom stereocenters. The minimum Gasteiger partial charge on any atom is -1.00 e. The molecular formula is C16H32LiO2-. The summed E-state index contributed by atoms with van der Waals surface area (Å²) in [4.78, 5) is 10.2. The van der Waals surface area contributed by atoms with E-state index in [1.165, 1.54) is 70.6 Å². The Morgan fingerprint density at radius 1 is 0.737 bits per heavy atom. The molecule has 0 saturated heterocycles.